The third kappa shape index (κ3) is 3.57. The Balaban J connectivity index is 2.03. The predicted octanol–water partition coefficient (Wildman–Crippen LogP) is -0.587. The number of rotatable bonds is 3. The summed E-state index contributed by atoms with van der Waals surface area (Å²) in [7, 11) is 0. The average molecular weight is 345 g/mol. The standard InChI is InChI=1S/C12H17BrN4O3/c1-7-2-3-14-4-9(7)15-10(18)6-17-5-8(13)11(19)16-12(17)20/h5,7,9,14H,2-4,6H2,1H3,(H,15,18)(H,16,19,20). The highest BCUT2D eigenvalue weighted by Crippen LogP contribution is 2.10. The van der Waals surface area contributed by atoms with E-state index in [-0.39, 0.29) is 23.0 Å². The minimum Gasteiger partial charge on any atom is -0.350 e. The zero-order chi connectivity index (χ0) is 14.7. The summed E-state index contributed by atoms with van der Waals surface area (Å²) >= 11 is 3.03. The second kappa shape index (κ2) is 6.36. The fourth-order valence-electron chi connectivity index (χ4n) is 2.19. The van der Waals surface area contributed by atoms with E-state index in [1.165, 1.54) is 10.8 Å². The molecule has 1 aromatic heterocycles. The molecule has 3 N–H and O–H groups in total. The number of carbonyl (C=O) groups excluding carboxylic acids is 1. The highest BCUT2D eigenvalue weighted by atomic mass is 79.9. The Bertz CT molecular complexity index is 609. The molecule has 20 heavy (non-hydrogen) atoms. The minimum absolute atomic E-state index is 0.0677. The van der Waals surface area contributed by atoms with Crippen LogP contribution < -0.4 is 21.9 Å². The highest BCUT2D eigenvalue weighted by Gasteiger charge is 2.22. The number of hydrogen-bond donors (Lipinski definition) is 3. The molecule has 1 aliphatic heterocycles. The van der Waals surface area contributed by atoms with E-state index in [2.05, 4.69) is 38.5 Å². The number of amides is 1. The van der Waals surface area contributed by atoms with E-state index < -0.39 is 11.2 Å². The van der Waals surface area contributed by atoms with Gasteiger partial charge in [0.1, 0.15) is 6.54 Å². The lowest BCUT2D eigenvalue weighted by atomic mass is 9.95. The molecule has 0 aromatic carbocycles. The van der Waals surface area contributed by atoms with Crippen LogP contribution in [-0.2, 0) is 11.3 Å². The molecule has 1 aromatic rings. The van der Waals surface area contributed by atoms with Gasteiger partial charge in [0.25, 0.3) is 5.56 Å². The van der Waals surface area contributed by atoms with Crippen molar-refractivity contribution in [2.24, 2.45) is 5.92 Å². The van der Waals surface area contributed by atoms with Crippen LogP contribution >= 0.6 is 15.9 Å². The third-order valence-electron chi connectivity index (χ3n) is 3.46. The normalized spacial score (nSPS) is 22.5. The van der Waals surface area contributed by atoms with Crippen molar-refractivity contribution in [3.8, 4) is 0 Å². The van der Waals surface area contributed by atoms with Crippen LogP contribution in [0.4, 0.5) is 0 Å². The molecule has 1 amide bonds. The van der Waals surface area contributed by atoms with Gasteiger partial charge in [-0.05, 0) is 34.8 Å². The number of halogens is 1. The average Bonchev–Trinajstić information content (AvgIpc) is 2.39. The number of nitrogens with zero attached hydrogens (tertiary/aromatic N) is 1. The Morgan fingerprint density at radius 3 is 3.00 bits per heavy atom. The number of aromatic amines is 1. The first kappa shape index (κ1) is 15.0. The Labute approximate surface area is 123 Å². The van der Waals surface area contributed by atoms with Gasteiger partial charge in [-0.1, -0.05) is 6.92 Å². The van der Waals surface area contributed by atoms with Crippen LogP contribution in [0, 0.1) is 5.92 Å². The molecule has 1 fully saturated rings. The number of hydrogen-bond acceptors (Lipinski definition) is 4. The lowest BCUT2D eigenvalue weighted by Crippen LogP contribution is -2.51. The molecule has 0 saturated carbocycles. The maximum atomic E-state index is 12.0. The second-order valence-corrected chi connectivity index (χ2v) is 5.86. The number of aromatic nitrogens is 2. The van der Waals surface area contributed by atoms with Gasteiger partial charge in [-0.15, -0.1) is 0 Å². The van der Waals surface area contributed by atoms with Gasteiger partial charge in [0.05, 0.1) is 4.47 Å². The molecule has 0 radical (unpaired) electrons. The molecular weight excluding hydrogens is 328 g/mol. The van der Waals surface area contributed by atoms with Crippen molar-refractivity contribution in [2.45, 2.75) is 25.9 Å². The summed E-state index contributed by atoms with van der Waals surface area (Å²) in [5.74, 6) is 0.158. The minimum atomic E-state index is -0.594. The zero-order valence-corrected chi connectivity index (χ0v) is 12.7. The molecule has 1 saturated heterocycles. The maximum absolute atomic E-state index is 12.0. The van der Waals surface area contributed by atoms with Crippen molar-refractivity contribution in [1.82, 2.24) is 20.2 Å². The van der Waals surface area contributed by atoms with Crippen LogP contribution in [0.3, 0.4) is 0 Å². The summed E-state index contributed by atoms with van der Waals surface area (Å²) in [4.78, 5) is 36.9. The SMILES string of the molecule is CC1CCNCC1NC(=O)Cn1cc(Br)c(=O)[nH]c1=O. The number of carbonyl (C=O) groups is 1. The largest absolute Gasteiger partial charge is 0.350 e. The molecule has 1 aliphatic rings. The van der Waals surface area contributed by atoms with Crippen molar-refractivity contribution in [3.05, 3.63) is 31.5 Å². The Hall–Kier alpha value is -1.41. The summed E-state index contributed by atoms with van der Waals surface area (Å²) in [6, 6.07) is 0.0677. The molecule has 2 heterocycles. The van der Waals surface area contributed by atoms with Gasteiger partial charge in [-0.3, -0.25) is 19.1 Å². The van der Waals surface area contributed by atoms with E-state index in [4.69, 9.17) is 0 Å². The first-order valence-electron chi connectivity index (χ1n) is 6.46. The van der Waals surface area contributed by atoms with Crippen LogP contribution in [-0.4, -0.2) is 34.6 Å². The Morgan fingerprint density at radius 1 is 1.55 bits per heavy atom. The summed E-state index contributed by atoms with van der Waals surface area (Å²) in [5.41, 5.74) is -1.10. The third-order valence-corrected chi connectivity index (χ3v) is 4.02. The summed E-state index contributed by atoms with van der Waals surface area (Å²) in [6.07, 6.45) is 2.33. The smallest absolute Gasteiger partial charge is 0.328 e. The van der Waals surface area contributed by atoms with Crippen molar-refractivity contribution in [2.75, 3.05) is 13.1 Å². The van der Waals surface area contributed by atoms with E-state index in [0.717, 1.165) is 19.5 Å². The molecule has 7 nitrogen and oxygen atoms in total. The molecule has 0 aliphatic carbocycles. The summed E-state index contributed by atoms with van der Waals surface area (Å²) in [6.45, 7) is 3.67. The van der Waals surface area contributed by atoms with Crippen LogP contribution in [0.1, 0.15) is 13.3 Å². The zero-order valence-electron chi connectivity index (χ0n) is 11.1. The predicted molar refractivity (Wildman–Crippen MR) is 77.6 cm³/mol. The van der Waals surface area contributed by atoms with Gasteiger partial charge in [0.2, 0.25) is 5.91 Å². The topological polar surface area (TPSA) is 96.0 Å². The molecule has 2 rings (SSSR count). The number of nitrogens with one attached hydrogen (secondary N) is 3. The highest BCUT2D eigenvalue weighted by molar-refractivity contribution is 9.10. The number of piperidine rings is 1. The van der Waals surface area contributed by atoms with Crippen LogP contribution in [0.25, 0.3) is 0 Å². The summed E-state index contributed by atoms with van der Waals surface area (Å²) < 4.78 is 1.39. The summed E-state index contributed by atoms with van der Waals surface area (Å²) in [5, 5.41) is 6.13. The van der Waals surface area contributed by atoms with E-state index >= 15 is 0 Å². The molecule has 0 spiro atoms. The van der Waals surface area contributed by atoms with Gasteiger partial charge < -0.3 is 10.6 Å². The first-order valence-corrected chi connectivity index (χ1v) is 7.26. The molecule has 110 valence electrons. The number of H-pyrrole nitrogens is 1. The first-order chi connectivity index (χ1) is 9.47. The van der Waals surface area contributed by atoms with Crippen LogP contribution in [0.2, 0.25) is 0 Å². The molecule has 0 bridgehead atoms. The van der Waals surface area contributed by atoms with Crippen LogP contribution in [0.5, 0.6) is 0 Å². The van der Waals surface area contributed by atoms with Crippen molar-refractivity contribution < 1.29 is 4.79 Å². The van der Waals surface area contributed by atoms with Crippen LogP contribution in [0.15, 0.2) is 20.3 Å². The molecule has 2 unspecified atom stereocenters. The van der Waals surface area contributed by atoms with Gasteiger partial charge in [0, 0.05) is 18.8 Å². The van der Waals surface area contributed by atoms with Crippen molar-refractivity contribution in [1.29, 1.82) is 0 Å². The van der Waals surface area contributed by atoms with E-state index in [1.807, 2.05) is 0 Å². The van der Waals surface area contributed by atoms with E-state index in [0.29, 0.717) is 5.92 Å². The maximum Gasteiger partial charge on any atom is 0.328 e. The molecule has 8 heteroatoms. The van der Waals surface area contributed by atoms with Crippen molar-refractivity contribution in [3.63, 3.8) is 0 Å². The fraction of sp³-hybridized carbons (Fsp3) is 0.583. The lowest BCUT2D eigenvalue weighted by Gasteiger charge is -2.30. The second-order valence-electron chi connectivity index (χ2n) is 5.01. The Kier molecular flexibility index (Phi) is 4.77. The van der Waals surface area contributed by atoms with E-state index in [1.54, 1.807) is 0 Å². The van der Waals surface area contributed by atoms with E-state index in [9.17, 15) is 14.4 Å². The van der Waals surface area contributed by atoms with Gasteiger partial charge in [0.15, 0.2) is 0 Å². The monoisotopic (exact) mass is 344 g/mol. The van der Waals surface area contributed by atoms with Gasteiger partial charge in [-0.2, -0.15) is 0 Å². The van der Waals surface area contributed by atoms with Gasteiger partial charge >= 0.3 is 5.69 Å². The van der Waals surface area contributed by atoms with Gasteiger partial charge in [-0.25, -0.2) is 4.79 Å². The fourth-order valence-corrected chi connectivity index (χ4v) is 2.54. The molecule has 2 atom stereocenters. The van der Waals surface area contributed by atoms with Crippen molar-refractivity contribution >= 4 is 21.8 Å². The lowest BCUT2D eigenvalue weighted by molar-refractivity contribution is -0.122. The Morgan fingerprint density at radius 2 is 2.30 bits per heavy atom. The quantitative estimate of drug-likeness (QED) is 0.683. The molecular formula is C12H17BrN4O3.